The molecule has 4 nitrogen and oxygen atoms in total. The molecule has 6 N–H and O–H groups in total. The van der Waals surface area contributed by atoms with Gasteiger partial charge in [-0.15, -0.1) is 0 Å². The van der Waals surface area contributed by atoms with Gasteiger partial charge in [-0.1, -0.05) is 39.8 Å². The molecule has 14 rings (SSSR count). The number of rotatable bonds is 4. The second-order valence-corrected chi connectivity index (χ2v) is 22.4. The van der Waals surface area contributed by atoms with E-state index in [4.69, 9.17) is 11.5 Å². The lowest BCUT2D eigenvalue weighted by Gasteiger charge is -2.65. The van der Waals surface area contributed by atoms with E-state index in [1.807, 2.05) is 0 Å². The highest BCUT2D eigenvalue weighted by molar-refractivity contribution is 5.66. The highest BCUT2D eigenvalue weighted by Crippen LogP contribution is 2.73. The van der Waals surface area contributed by atoms with Gasteiger partial charge in [0, 0.05) is 16.5 Å². The van der Waals surface area contributed by atoms with E-state index in [0.717, 1.165) is 34.8 Å². The number of nitrogens with two attached hydrogens (primary N) is 2. The molecule has 4 heteroatoms. The zero-order valence-corrected chi connectivity index (χ0v) is 31.2. The average Bonchev–Trinajstić information content (AvgIpc) is 2.98. The zero-order chi connectivity index (χ0) is 34.3. The molecule has 12 fully saturated rings. The molecule has 2 aromatic rings. The van der Waals surface area contributed by atoms with Crippen LogP contribution in [-0.4, -0.2) is 10.2 Å². The maximum Gasteiger partial charge on any atom is 0.141 e. The molecule has 10 atom stereocenters. The summed E-state index contributed by atoms with van der Waals surface area (Å²) in [5, 5.41) is 23.9. The normalized spacial score (nSPS) is 51.9. The quantitative estimate of drug-likeness (QED) is 0.192. The van der Waals surface area contributed by atoms with Gasteiger partial charge in [0.25, 0.3) is 0 Å². The molecule has 12 aliphatic carbocycles. The molecule has 268 valence electrons. The van der Waals surface area contributed by atoms with Crippen molar-refractivity contribution in [2.75, 3.05) is 11.5 Å². The number of hydrogen-bond donors (Lipinski definition) is 4. The van der Waals surface area contributed by atoms with E-state index in [1.165, 1.54) is 107 Å². The Kier molecular flexibility index (Phi) is 5.98. The summed E-state index contributed by atoms with van der Waals surface area (Å²) < 4.78 is 0. The molecule has 12 saturated carbocycles. The standard InChI is InChI=1S/C46H62N2O2/c1-42-16-26-6-28(20-42)38(44(3,18-26)22-42)34-12-32(14-36(47)40(34)49)46(30-8-24-5-25(10-30)11-31(46)9-24)33-13-35(41(50)37(48)15-33)39-29-7-27-17-43(2,21-29)23-45(39,4)19-27/h12-15,24-31,38-39,49-50H,5-11,16-23,47-48H2,1-4H3. The second-order valence-electron chi connectivity index (χ2n) is 22.4. The van der Waals surface area contributed by atoms with E-state index >= 15 is 0 Å². The predicted molar refractivity (Wildman–Crippen MR) is 201 cm³/mol. The van der Waals surface area contributed by atoms with Crippen molar-refractivity contribution < 1.29 is 10.2 Å². The van der Waals surface area contributed by atoms with Crippen LogP contribution in [0.5, 0.6) is 11.5 Å². The van der Waals surface area contributed by atoms with Crippen LogP contribution in [0.3, 0.4) is 0 Å². The first-order valence-electron chi connectivity index (χ1n) is 20.9. The molecule has 0 saturated heterocycles. The van der Waals surface area contributed by atoms with Gasteiger partial charge in [0.15, 0.2) is 0 Å². The zero-order valence-electron chi connectivity index (χ0n) is 31.2. The number of aromatic hydroxyl groups is 2. The number of anilines is 2. The Balaban J connectivity index is 1.10. The van der Waals surface area contributed by atoms with Crippen molar-refractivity contribution in [1.29, 1.82) is 0 Å². The molecule has 0 amide bonds. The lowest BCUT2D eigenvalue weighted by atomic mass is 9.39. The van der Waals surface area contributed by atoms with Crippen LogP contribution in [0.1, 0.15) is 158 Å². The second kappa shape index (κ2) is 9.59. The average molecular weight is 675 g/mol. The van der Waals surface area contributed by atoms with Gasteiger partial charge in [-0.25, -0.2) is 0 Å². The minimum atomic E-state index is -0.196. The number of phenolic OH excluding ortho intramolecular Hbond substituents is 2. The van der Waals surface area contributed by atoms with Gasteiger partial charge in [-0.3, -0.25) is 0 Å². The highest BCUT2D eigenvalue weighted by Gasteiger charge is 2.63. The van der Waals surface area contributed by atoms with E-state index in [9.17, 15) is 10.2 Å². The molecule has 50 heavy (non-hydrogen) atoms. The van der Waals surface area contributed by atoms with Crippen LogP contribution < -0.4 is 11.5 Å². The molecule has 12 aliphatic rings. The lowest BCUT2D eigenvalue weighted by molar-refractivity contribution is -0.112. The summed E-state index contributed by atoms with van der Waals surface area (Å²) in [6.07, 6.45) is 19.5. The van der Waals surface area contributed by atoms with Crippen LogP contribution in [0.2, 0.25) is 0 Å². The van der Waals surface area contributed by atoms with Crippen LogP contribution in [0.25, 0.3) is 0 Å². The van der Waals surface area contributed by atoms with Crippen molar-refractivity contribution in [3.8, 4) is 11.5 Å². The van der Waals surface area contributed by atoms with Crippen LogP contribution in [0.15, 0.2) is 24.3 Å². The molecule has 0 aromatic heterocycles. The minimum absolute atomic E-state index is 0.196. The Hall–Kier alpha value is -2.36. The maximum absolute atomic E-state index is 12.0. The first kappa shape index (κ1) is 31.2. The van der Waals surface area contributed by atoms with E-state index in [0.29, 0.717) is 69.2 Å². The van der Waals surface area contributed by atoms with Gasteiger partial charge >= 0.3 is 0 Å². The molecular weight excluding hydrogens is 613 g/mol. The van der Waals surface area contributed by atoms with Crippen molar-refractivity contribution in [3.63, 3.8) is 0 Å². The van der Waals surface area contributed by atoms with E-state index in [1.54, 1.807) is 0 Å². The molecule has 0 aliphatic heterocycles. The van der Waals surface area contributed by atoms with Crippen LogP contribution in [0, 0.1) is 69.0 Å². The molecule has 12 bridgehead atoms. The molecule has 0 radical (unpaired) electrons. The summed E-state index contributed by atoms with van der Waals surface area (Å²) in [5.41, 5.74) is 21.3. The van der Waals surface area contributed by atoms with Gasteiger partial charge in [-0.2, -0.15) is 0 Å². The predicted octanol–water partition coefficient (Wildman–Crippen LogP) is 10.6. The van der Waals surface area contributed by atoms with Crippen LogP contribution in [0.4, 0.5) is 11.4 Å². The fourth-order valence-corrected chi connectivity index (χ4v) is 18.8. The number of phenols is 2. The summed E-state index contributed by atoms with van der Waals surface area (Å²) in [5.74, 6) is 7.06. The largest absolute Gasteiger partial charge is 0.505 e. The van der Waals surface area contributed by atoms with Gasteiger partial charge in [-0.05, 0) is 200 Å². The first-order valence-corrected chi connectivity index (χ1v) is 20.9. The van der Waals surface area contributed by atoms with E-state index in [2.05, 4.69) is 52.0 Å². The molecule has 0 heterocycles. The van der Waals surface area contributed by atoms with Crippen LogP contribution >= 0.6 is 0 Å². The topological polar surface area (TPSA) is 92.5 Å². The number of hydrogen-bond acceptors (Lipinski definition) is 4. The minimum Gasteiger partial charge on any atom is -0.505 e. The van der Waals surface area contributed by atoms with Crippen LogP contribution in [-0.2, 0) is 5.41 Å². The first-order chi connectivity index (χ1) is 23.7. The third-order valence-corrected chi connectivity index (χ3v) is 18.3. The van der Waals surface area contributed by atoms with Gasteiger partial charge in [0.1, 0.15) is 11.5 Å². The number of nitrogen functional groups attached to an aromatic ring is 2. The van der Waals surface area contributed by atoms with Crippen molar-refractivity contribution in [3.05, 3.63) is 46.5 Å². The molecular formula is C46H62N2O2. The Morgan fingerprint density at radius 2 is 0.940 bits per heavy atom. The summed E-state index contributed by atoms with van der Waals surface area (Å²) in [6.45, 7) is 10.2. The smallest absolute Gasteiger partial charge is 0.141 e. The Morgan fingerprint density at radius 1 is 0.520 bits per heavy atom. The lowest BCUT2D eigenvalue weighted by Crippen LogP contribution is -2.56. The number of benzene rings is 2. The monoisotopic (exact) mass is 674 g/mol. The van der Waals surface area contributed by atoms with Gasteiger partial charge in [0.2, 0.25) is 0 Å². The summed E-state index contributed by atoms with van der Waals surface area (Å²) >= 11 is 0. The van der Waals surface area contributed by atoms with Crippen molar-refractivity contribution in [2.24, 2.45) is 69.0 Å². The van der Waals surface area contributed by atoms with Crippen molar-refractivity contribution in [2.45, 2.75) is 141 Å². The van der Waals surface area contributed by atoms with Crippen molar-refractivity contribution in [1.82, 2.24) is 0 Å². The molecule has 2 aromatic carbocycles. The molecule has 10 unspecified atom stereocenters. The highest BCUT2D eigenvalue weighted by atomic mass is 16.3. The summed E-state index contributed by atoms with van der Waals surface area (Å²) in [4.78, 5) is 0. The van der Waals surface area contributed by atoms with Gasteiger partial charge < -0.3 is 21.7 Å². The third-order valence-electron chi connectivity index (χ3n) is 18.3. The van der Waals surface area contributed by atoms with E-state index < -0.39 is 0 Å². The Bertz CT molecular complexity index is 1680. The maximum atomic E-state index is 12.0. The summed E-state index contributed by atoms with van der Waals surface area (Å²) in [7, 11) is 0. The van der Waals surface area contributed by atoms with Gasteiger partial charge in [0.05, 0.1) is 11.4 Å². The summed E-state index contributed by atoms with van der Waals surface area (Å²) in [6, 6.07) is 9.41. The fourth-order valence-electron chi connectivity index (χ4n) is 18.8. The Labute approximate surface area is 300 Å². The Morgan fingerprint density at radius 3 is 1.32 bits per heavy atom. The molecule has 0 spiro atoms. The third kappa shape index (κ3) is 3.96. The fraction of sp³-hybridized carbons (Fsp3) is 0.739. The SMILES string of the molecule is CC12CC3CC(C1)C(c1cc(C4(c5cc(N)c(O)c(C6C7CC8CC(C)(C7)CC6(C)C8)c5)C5CC6CC(C5)CC4C6)cc(N)c1O)C(C)(C3)C2. The van der Waals surface area contributed by atoms with E-state index in [-0.39, 0.29) is 16.2 Å². The van der Waals surface area contributed by atoms with Crippen molar-refractivity contribution >= 4 is 11.4 Å².